The van der Waals surface area contributed by atoms with Crippen molar-refractivity contribution in [1.29, 1.82) is 0 Å². The van der Waals surface area contributed by atoms with Gasteiger partial charge in [0.05, 0.1) is 18.2 Å². The summed E-state index contributed by atoms with van der Waals surface area (Å²) in [4.78, 5) is 6.43. The molecule has 0 aliphatic heterocycles. The van der Waals surface area contributed by atoms with Gasteiger partial charge in [0.25, 0.3) is 0 Å². The first-order valence-corrected chi connectivity index (χ1v) is 8.20. The first kappa shape index (κ1) is 21.8. The molecule has 5 nitrogen and oxygen atoms in total. The highest BCUT2D eigenvalue weighted by Gasteiger charge is 2.09. The number of methoxy groups -OCH3 is 1. The molecule has 0 unspecified atom stereocenters. The maximum absolute atomic E-state index is 6.05. The van der Waals surface area contributed by atoms with Gasteiger partial charge in [0.2, 0.25) is 0 Å². The highest BCUT2D eigenvalue weighted by molar-refractivity contribution is 14.0. The first-order chi connectivity index (χ1) is 11.5. The van der Waals surface area contributed by atoms with Gasteiger partial charge in [-0.05, 0) is 17.2 Å². The lowest BCUT2D eigenvalue weighted by molar-refractivity contribution is 0.185. The number of hydrogen-bond acceptors (Lipinski definition) is 2. The van der Waals surface area contributed by atoms with Crippen LogP contribution in [0, 0.1) is 0 Å². The SMILES string of the molecule is CN=C(NCc1cccc(COC)c1)N(C)Cc1cc(Cl)cn1C.I. The van der Waals surface area contributed by atoms with Crippen molar-refractivity contribution < 1.29 is 4.74 Å². The zero-order chi connectivity index (χ0) is 17.5. The summed E-state index contributed by atoms with van der Waals surface area (Å²) in [6.07, 6.45) is 1.90. The Morgan fingerprint density at radius 2 is 2.04 bits per heavy atom. The highest BCUT2D eigenvalue weighted by atomic mass is 127. The number of nitrogens with zero attached hydrogens (tertiary/aromatic N) is 3. The highest BCUT2D eigenvalue weighted by Crippen LogP contribution is 2.14. The van der Waals surface area contributed by atoms with Crippen molar-refractivity contribution in [2.45, 2.75) is 19.7 Å². The smallest absolute Gasteiger partial charge is 0.194 e. The summed E-state index contributed by atoms with van der Waals surface area (Å²) >= 11 is 6.05. The molecular weight excluding hydrogens is 451 g/mol. The molecule has 0 saturated heterocycles. The van der Waals surface area contributed by atoms with Gasteiger partial charge < -0.3 is 19.5 Å². The molecule has 0 fully saturated rings. The van der Waals surface area contributed by atoms with E-state index in [0.29, 0.717) is 13.2 Å². The maximum Gasteiger partial charge on any atom is 0.194 e. The molecule has 0 aliphatic carbocycles. The van der Waals surface area contributed by atoms with Crippen LogP contribution < -0.4 is 5.32 Å². The zero-order valence-electron chi connectivity index (χ0n) is 15.1. The summed E-state index contributed by atoms with van der Waals surface area (Å²) in [5, 5.41) is 4.14. The van der Waals surface area contributed by atoms with Gasteiger partial charge in [-0.1, -0.05) is 35.9 Å². The van der Waals surface area contributed by atoms with Gasteiger partial charge in [0.15, 0.2) is 5.96 Å². The van der Waals surface area contributed by atoms with E-state index >= 15 is 0 Å². The second-order valence-corrected chi connectivity index (χ2v) is 6.21. The molecule has 0 saturated carbocycles. The molecule has 1 N–H and O–H groups in total. The Hall–Kier alpha value is -1.25. The van der Waals surface area contributed by atoms with E-state index in [1.54, 1.807) is 14.2 Å². The van der Waals surface area contributed by atoms with Crippen LogP contribution in [0.5, 0.6) is 0 Å². The van der Waals surface area contributed by atoms with Crippen LogP contribution in [0.1, 0.15) is 16.8 Å². The van der Waals surface area contributed by atoms with Crippen molar-refractivity contribution in [2.24, 2.45) is 12.0 Å². The molecule has 7 heteroatoms. The summed E-state index contributed by atoms with van der Waals surface area (Å²) < 4.78 is 7.21. The summed E-state index contributed by atoms with van der Waals surface area (Å²) in [6, 6.07) is 10.3. The lowest BCUT2D eigenvalue weighted by atomic mass is 10.1. The van der Waals surface area contributed by atoms with E-state index in [-0.39, 0.29) is 24.0 Å². The van der Waals surface area contributed by atoms with E-state index in [4.69, 9.17) is 16.3 Å². The van der Waals surface area contributed by atoms with Crippen LogP contribution in [-0.2, 0) is 31.5 Å². The second-order valence-electron chi connectivity index (χ2n) is 5.77. The molecule has 0 amide bonds. The number of hydrogen-bond donors (Lipinski definition) is 1. The van der Waals surface area contributed by atoms with Gasteiger partial charge in [-0.15, -0.1) is 24.0 Å². The van der Waals surface area contributed by atoms with Crippen LogP contribution in [0.15, 0.2) is 41.5 Å². The molecule has 0 radical (unpaired) electrons. The Morgan fingerprint density at radius 3 is 2.64 bits per heavy atom. The minimum Gasteiger partial charge on any atom is -0.380 e. The molecule has 0 spiro atoms. The average molecular weight is 477 g/mol. The fraction of sp³-hybridized carbons (Fsp3) is 0.389. The number of halogens is 2. The van der Waals surface area contributed by atoms with Crippen LogP contribution in [0.4, 0.5) is 0 Å². The first-order valence-electron chi connectivity index (χ1n) is 7.82. The number of aryl methyl sites for hydroxylation is 1. The van der Waals surface area contributed by atoms with Gasteiger partial charge in [-0.25, -0.2) is 0 Å². The number of nitrogens with one attached hydrogen (secondary N) is 1. The molecule has 2 rings (SSSR count). The van der Waals surface area contributed by atoms with Crippen molar-refractivity contribution in [2.75, 3.05) is 21.2 Å². The van der Waals surface area contributed by atoms with E-state index in [9.17, 15) is 0 Å². The summed E-state index contributed by atoms with van der Waals surface area (Å²) in [6.45, 7) is 2.06. The van der Waals surface area contributed by atoms with Gasteiger partial charge in [0, 0.05) is 46.7 Å². The minimum atomic E-state index is 0. The van der Waals surface area contributed by atoms with Crippen molar-refractivity contribution in [3.05, 3.63) is 58.4 Å². The van der Waals surface area contributed by atoms with Crippen LogP contribution >= 0.6 is 35.6 Å². The lowest BCUT2D eigenvalue weighted by Gasteiger charge is -2.22. The Bertz CT molecular complexity index is 702. The molecule has 1 aromatic carbocycles. The largest absolute Gasteiger partial charge is 0.380 e. The quantitative estimate of drug-likeness (QED) is 0.393. The molecule has 2 aromatic rings. The zero-order valence-corrected chi connectivity index (χ0v) is 18.2. The second kappa shape index (κ2) is 10.7. The maximum atomic E-state index is 6.05. The average Bonchev–Trinajstić information content (AvgIpc) is 2.86. The third-order valence-corrected chi connectivity index (χ3v) is 4.01. The Labute approximate surface area is 172 Å². The van der Waals surface area contributed by atoms with Crippen molar-refractivity contribution in [1.82, 2.24) is 14.8 Å². The van der Waals surface area contributed by atoms with Crippen LogP contribution in [0.3, 0.4) is 0 Å². The van der Waals surface area contributed by atoms with Gasteiger partial charge in [-0.3, -0.25) is 4.99 Å². The monoisotopic (exact) mass is 476 g/mol. The van der Waals surface area contributed by atoms with Gasteiger partial charge in [-0.2, -0.15) is 0 Å². The number of ether oxygens (including phenoxy) is 1. The third kappa shape index (κ3) is 6.52. The van der Waals surface area contributed by atoms with Gasteiger partial charge >= 0.3 is 0 Å². The van der Waals surface area contributed by atoms with Crippen LogP contribution in [-0.4, -0.2) is 36.6 Å². The predicted molar refractivity (Wildman–Crippen MR) is 115 cm³/mol. The summed E-state index contributed by atoms with van der Waals surface area (Å²) in [5.74, 6) is 0.837. The van der Waals surface area contributed by atoms with E-state index in [1.165, 1.54) is 11.1 Å². The minimum absolute atomic E-state index is 0. The molecule has 1 heterocycles. The molecular formula is C18H26ClIN4O. The van der Waals surface area contributed by atoms with Crippen molar-refractivity contribution >= 4 is 41.5 Å². The lowest BCUT2D eigenvalue weighted by Crippen LogP contribution is -2.38. The number of rotatable bonds is 6. The molecule has 138 valence electrons. The molecule has 25 heavy (non-hydrogen) atoms. The van der Waals surface area contributed by atoms with Crippen LogP contribution in [0.25, 0.3) is 0 Å². The number of aliphatic imine (C=N–C) groups is 1. The number of aromatic nitrogens is 1. The van der Waals surface area contributed by atoms with Crippen molar-refractivity contribution in [3.8, 4) is 0 Å². The Balaban J connectivity index is 0.00000312. The molecule has 0 aliphatic rings. The predicted octanol–water partition coefficient (Wildman–Crippen LogP) is 3.65. The number of guanidine groups is 1. The standard InChI is InChI=1S/C18H25ClN4O.HI/c1-20-18(23(3)12-17-9-16(19)11-22(17)2)21-10-14-6-5-7-15(8-14)13-24-4;/h5-9,11H,10,12-13H2,1-4H3,(H,20,21);1H. The Kier molecular flexibility index (Phi) is 9.31. The fourth-order valence-corrected chi connectivity index (χ4v) is 2.88. The van der Waals surface area contributed by atoms with E-state index in [0.717, 1.165) is 23.2 Å². The third-order valence-electron chi connectivity index (χ3n) is 3.80. The summed E-state index contributed by atoms with van der Waals surface area (Å²) in [5.41, 5.74) is 3.49. The molecule has 1 aromatic heterocycles. The number of benzene rings is 1. The van der Waals surface area contributed by atoms with Crippen LogP contribution in [0.2, 0.25) is 5.02 Å². The normalized spacial score (nSPS) is 11.2. The summed E-state index contributed by atoms with van der Waals surface area (Å²) in [7, 11) is 7.50. The topological polar surface area (TPSA) is 41.8 Å². The Morgan fingerprint density at radius 1 is 1.32 bits per heavy atom. The van der Waals surface area contributed by atoms with Crippen molar-refractivity contribution in [3.63, 3.8) is 0 Å². The van der Waals surface area contributed by atoms with Gasteiger partial charge in [0.1, 0.15) is 0 Å². The van der Waals surface area contributed by atoms with E-state index in [2.05, 4.69) is 33.4 Å². The molecule has 0 atom stereocenters. The van der Waals surface area contributed by atoms with E-state index in [1.807, 2.05) is 37.0 Å². The fourth-order valence-electron chi connectivity index (χ4n) is 2.60. The van der Waals surface area contributed by atoms with E-state index < -0.39 is 0 Å². The molecule has 0 bridgehead atoms.